The number of carbonyl (C=O) groups is 1. The Balaban J connectivity index is 2.10. The Morgan fingerprint density at radius 3 is 2.73 bits per heavy atom. The second-order valence-corrected chi connectivity index (χ2v) is 6.84. The SMILES string of the molecule is CC[C@@H]1CC[C@H](C)N1c1cnn(-c2ccccc2C(=O)OC)c(=O)c1Cl. The van der Waals surface area contributed by atoms with Crippen LogP contribution in [0.4, 0.5) is 5.69 Å². The van der Waals surface area contributed by atoms with E-state index in [4.69, 9.17) is 16.3 Å². The van der Waals surface area contributed by atoms with Gasteiger partial charge in [0.05, 0.1) is 30.2 Å². The van der Waals surface area contributed by atoms with Gasteiger partial charge in [0.15, 0.2) is 0 Å². The van der Waals surface area contributed by atoms with Gasteiger partial charge in [-0.15, -0.1) is 0 Å². The Morgan fingerprint density at radius 2 is 2.04 bits per heavy atom. The fraction of sp³-hybridized carbons (Fsp3) is 0.421. The summed E-state index contributed by atoms with van der Waals surface area (Å²) in [7, 11) is 1.30. The van der Waals surface area contributed by atoms with Crippen LogP contribution in [-0.4, -0.2) is 34.9 Å². The van der Waals surface area contributed by atoms with Crippen LogP contribution >= 0.6 is 11.6 Å². The molecule has 6 nitrogen and oxygen atoms in total. The van der Waals surface area contributed by atoms with Crippen molar-refractivity contribution in [2.24, 2.45) is 0 Å². The molecule has 0 aliphatic carbocycles. The van der Waals surface area contributed by atoms with Crippen LogP contribution in [0.5, 0.6) is 0 Å². The van der Waals surface area contributed by atoms with Crippen LogP contribution in [0.1, 0.15) is 43.5 Å². The van der Waals surface area contributed by atoms with E-state index in [2.05, 4.69) is 23.8 Å². The molecule has 0 bridgehead atoms. The summed E-state index contributed by atoms with van der Waals surface area (Å²) in [6.07, 6.45) is 4.72. The molecule has 1 saturated heterocycles. The Morgan fingerprint density at radius 1 is 1.31 bits per heavy atom. The Kier molecular flexibility index (Phi) is 5.32. The van der Waals surface area contributed by atoms with Crippen LogP contribution < -0.4 is 10.5 Å². The fourth-order valence-corrected chi connectivity index (χ4v) is 3.85. The van der Waals surface area contributed by atoms with Crippen LogP contribution in [0, 0.1) is 0 Å². The zero-order chi connectivity index (χ0) is 18.8. The summed E-state index contributed by atoms with van der Waals surface area (Å²) in [4.78, 5) is 27.1. The van der Waals surface area contributed by atoms with Crippen molar-refractivity contribution in [3.8, 4) is 5.69 Å². The molecule has 0 spiro atoms. The lowest BCUT2D eigenvalue weighted by Gasteiger charge is -2.30. The van der Waals surface area contributed by atoms with E-state index in [-0.39, 0.29) is 10.6 Å². The monoisotopic (exact) mass is 375 g/mol. The molecule has 0 radical (unpaired) electrons. The van der Waals surface area contributed by atoms with Crippen LogP contribution in [0.25, 0.3) is 5.69 Å². The normalized spacial score (nSPS) is 19.6. The Labute approximate surface area is 157 Å². The summed E-state index contributed by atoms with van der Waals surface area (Å²) in [5.74, 6) is -0.534. The maximum Gasteiger partial charge on any atom is 0.340 e. The van der Waals surface area contributed by atoms with Crippen molar-refractivity contribution in [1.29, 1.82) is 0 Å². The third-order valence-electron chi connectivity index (χ3n) is 4.97. The third-order valence-corrected chi connectivity index (χ3v) is 5.33. The van der Waals surface area contributed by atoms with E-state index in [0.717, 1.165) is 23.9 Å². The van der Waals surface area contributed by atoms with Gasteiger partial charge in [-0.2, -0.15) is 9.78 Å². The molecule has 0 N–H and O–H groups in total. The van der Waals surface area contributed by atoms with Crippen LogP contribution in [0.15, 0.2) is 35.3 Å². The predicted molar refractivity (Wildman–Crippen MR) is 101 cm³/mol. The number of hydrogen-bond donors (Lipinski definition) is 0. The number of esters is 1. The minimum absolute atomic E-state index is 0.117. The molecule has 0 unspecified atom stereocenters. The fourth-order valence-electron chi connectivity index (χ4n) is 3.62. The number of nitrogens with zero attached hydrogens (tertiary/aromatic N) is 3. The first-order valence-electron chi connectivity index (χ1n) is 8.73. The minimum atomic E-state index is -0.534. The highest BCUT2D eigenvalue weighted by atomic mass is 35.5. The van der Waals surface area contributed by atoms with Gasteiger partial charge in [-0.25, -0.2) is 4.79 Å². The Hall–Kier alpha value is -2.34. The lowest BCUT2D eigenvalue weighted by molar-refractivity contribution is 0.0600. The van der Waals surface area contributed by atoms with E-state index >= 15 is 0 Å². The molecule has 0 saturated carbocycles. The van der Waals surface area contributed by atoms with E-state index < -0.39 is 11.5 Å². The van der Waals surface area contributed by atoms with Gasteiger partial charge in [-0.1, -0.05) is 30.7 Å². The van der Waals surface area contributed by atoms with Gasteiger partial charge in [0.25, 0.3) is 5.56 Å². The number of para-hydroxylation sites is 1. The van der Waals surface area contributed by atoms with Gasteiger partial charge in [0, 0.05) is 12.1 Å². The summed E-state index contributed by atoms with van der Waals surface area (Å²) in [6, 6.07) is 7.32. The van der Waals surface area contributed by atoms with Crippen molar-refractivity contribution in [2.45, 2.75) is 45.2 Å². The lowest BCUT2D eigenvalue weighted by Crippen LogP contribution is -2.36. The van der Waals surface area contributed by atoms with Crippen molar-refractivity contribution in [1.82, 2.24) is 9.78 Å². The maximum atomic E-state index is 12.9. The topological polar surface area (TPSA) is 64.4 Å². The molecule has 3 rings (SSSR count). The van der Waals surface area contributed by atoms with Gasteiger partial charge in [-0.3, -0.25) is 4.79 Å². The molecule has 1 fully saturated rings. The number of benzene rings is 1. The van der Waals surface area contributed by atoms with Crippen molar-refractivity contribution in [2.75, 3.05) is 12.0 Å². The zero-order valence-electron chi connectivity index (χ0n) is 15.1. The Bertz CT molecular complexity index is 881. The van der Waals surface area contributed by atoms with Crippen LogP contribution in [-0.2, 0) is 4.74 Å². The molecule has 1 aromatic heterocycles. The molecular formula is C19H22ClN3O3. The number of anilines is 1. The first-order chi connectivity index (χ1) is 12.5. The molecular weight excluding hydrogens is 354 g/mol. The van der Waals surface area contributed by atoms with Crippen molar-refractivity contribution >= 4 is 23.3 Å². The molecule has 1 aromatic carbocycles. The van der Waals surface area contributed by atoms with Gasteiger partial charge < -0.3 is 9.64 Å². The second kappa shape index (κ2) is 7.50. The van der Waals surface area contributed by atoms with E-state index in [1.165, 1.54) is 7.11 Å². The molecule has 2 heterocycles. The molecule has 138 valence electrons. The summed E-state index contributed by atoms with van der Waals surface area (Å²) in [5.41, 5.74) is 0.809. The smallest absolute Gasteiger partial charge is 0.340 e. The van der Waals surface area contributed by atoms with Crippen molar-refractivity contribution in [3.05, 3.63) is 51.4 Å². The van der Waals surface area contributed by atoms with Crippen molar-refractivity contribution < 1.29 is 9.53 Å². The van der Waals surface area contributed by atoms with E-state index in [1.807, 2.05) is 0 Å². The molecule has 7 heteroatoms. The zero-order valence-corrected chi connectivity index (χ0v) is 15.9. The average Bonchev–Trinajstić information content (AvgIpc) is 3.04. The highest BCUT2D eigenvalue weighted by Crippen LogP contribution is 2.34. The summed E-state index contributed by atoms with van der Waals surface area (Å²) >= 11 is 6.45. The largest absolute Gasteiger partial charge is 0.465 e. The molecule has 0 amide bonds. The highest BCUT2D eigenvalue weighted by molar-refractivity contribution is 6.33. The number of hydrogen-bond acceptors (Lipinski definition) is 5. The highest BCUT2D eigenvalue weighted by Gasteiger charge is 2.32. The van der Waals surface area contributed by atoms with Gasteiger partial charge in [0.1, 0.15) is 5.02 Å². The van der Waals surface area contributed by atoms with Gasteiger partial charge in [-0.05, 0) is 38.3 Å². The lowest BCUT2D eigenvalue weighted by atomic mass is 10.1. The molecule has 2 atom stereocenters. The molecule has 1 aliphatic rings. The maximum absolute atomic E-state index is 12.9. The third kappa shape index (κ3) is 3.09. The minimum Gasteiger partial charge on any atom is -0.465 e. The predicted octanol–water partition coefficient (Wildman–Crippen LogP) is 3.44. The number of methoxy groups -OCH3 is 1. The van der Waals surface area contributed by atoms with Crippen LogP contribution in [0.3, 0.4) is 0 Å². The molecule has 2 aromatic rings. The average molecular weight is 376 g/mol. The van der Waals surface area contributed by atoms with E-state index in [1.54, 1.807) is 30.5 Å². The molecule has 26 heavy (non-hydrogen) atoms. The number of aromatic nitrogens is 2. The summed E-state index contributed by atoms with van der Waals surface area (Å²) in [5, 5.41) is 4.42. The first kappa shape index (κ1) is 18.5. The quantitative estimate of drug-likeness (QED) is 0.766. The second-order valence-electron chi connectivity index (χ2n) is 6.47. The number of ether oxygens (including phenoxy) is 1. The van der Waals surface area contributed by atoms with Crippen LogP contribution in [0.2, 0.25) is 5.02 Å². The van der Waals surface area contributed by atoms with Crippen molar-refractivity contribution in [3.63, 3.8) is 0 Å². The number of halogens is 1. The summed E-state index contributed by atoms with van der Waals surface area (Å²) < 4.78 is 5.95. The number of rotatable bonds is 4. The molecule has 1 aliphatic heterocycles. The first-order valence-corrected chi connectivity index (χ1v) is 9.11. The van der Waals surface area contributed by atoms with Gasteiger partial charge >= 0.3 is 5.97 Å². The summed E-state index contributed by atoms with van der Waals surface area (Å²) in [6.45, 7) is 4.26. The van der Waals surface area contributed by atoms with E-state index in [9.17, 15) is 9.59 Å². The van der Waals surface area contributed by atoms with Gasteiger partial charge in [0.2, 0.25) is 0 Å². The van der Waals surface area contributed by atoms with E-state index in [0.29, 0.717) is 23.5 Å². The number of carbonyl (C=O) groups excluding carboxylic acids is 1. The standard InChI is InChI=1S/C19H22ClN3O3/c1-4-13-10-9-12(2)22(13)16-11-21-23(18(24)17(16)20)15-8-6-5-7-14(15)19(25)26-3/h5-8,11-13H,4,9-10H2,1-3H3/t12-,13+/m0/s1.